The number of esters is 1. The SMILES string of the molecule is COc1ccc(C(=O)OCC(=O)NCCOc2ccccc2OC)c(F)c1. The number of hydrogen-bond donors (Lipinski definition) is 1. The van der Waals surface area contributed by atoms with Crippen LogP contribution in [0.15, 0.2) is 42.5 Å². The molecule has 0 fully saturated rings. The molecule has 2 aromatic rings. The average Bonchev–Trinajstić information content (AvgIpc) is 2.69. The van der Waals surface area contributed by atoms with Crippen LogP contribution < -0.4 is 19.5 Å². The Morgan fingerprint density at radius 1 is 1.04 bits per heavy atom. The Bertz CT molecular complexity index is 796. The van der Waals surface area contributed by atoms with Gasteiger partial charge >= 0.3 is 5.97 Å². The van der Waals surface area contributed by atoms with Crippen molar-refractivity contribution in [2.24, 2.45) is 0 Å². The van der Waals surface area contributed by atoms with E-state index in [1.165, 1.54) is 26.4 Å². The number of hydrogen-bond acceptors (Lipinski definition) is 6. The van der Waals surface area contributed by atoms with E-state index in [1.807, 2.05) is 6.07 Å². The Balaban J connectivity index is 1.72. The first-order valence-electron chi connectivity index (χ1n) is 8.08. The molecule has 2 rings (SSSR count). The van der Waals surface area contributed by atoms with Crippen molar-refractivity contribution < 1.29 is 32.9 Å². The van der Waals surface area contributed by atoms with Crippen LogP contribution in [0.5, 0.6) is 17.2 Å². The van der Waals surface area contributed by atoms with E-state index >= 15 is 0 Å². The Kier molecular flexibility index (Phi) is 7.42. The van der Waals surface area contributed by atoms with Crippen molar-refractivity contribution in [2.45, 2.75) is 0 Å². The van der Waals surface area contributed by atoms with Crippen molar-refractivity contribution in [2.75, 3.05) is 34.0 Å². The first kappa shape index (κ1) is 20.0. The molecule has 0 aliphatic rings. The molecule has 144 valence electrons. The summed E-state index contributed by atoms with van der Waals surface area (Å²) in [6.07, 6.45) is 0. The topological polar surface area (TPSA) is 83.1 Å². The monoisotopic (exact) mass is 377 g/mol. The van der Waals surface area contributed by atoms with Crippen LogP contribution in [0.3, 0.4) is 0 Å². The van der Waals surface area contributed by atoms with E-state index in [0.717, 1.165) is 6.07 Å². The van der Waals surface area contributed by atoms with Gasteiger partial charge in [-0.3, -0.25) is 4.79 Å². The van der Waals surface area contributed by atoms with E-state index in [1.54, 1.807) is 18.2 Å². The Morgan fingerprint density at radius 2 is 1.78 bits per heavy atom. The van der Waals surface area contributed by atoms with Crippen molar-refractivity contribution in [1.29, 1.82) is 0 Å². The molecule has 0 bridgehead atoms. The lowest BCUT2D eigenvalue weighted by molar-refractivity contribution is -0.124. The number of para-hydroxylation sites is 2. The standard InChI is InChI=1S/C19H20FNO6/c1-24-13-7-8-14(15(20)11-13)19(23)27-12-18(22)21-9-10-26-17-6-4-3-5-16(17)25-2/h3-8,11H,9-10,12H2,1-2H3,(H,21,22). The first-order chi connectivity index (χ1) is 13.0. The minimum absolute atomic E-state index is 0.200. The molecule has 8 heteroatoms. The Hall–Kier alpha value is -3.29. The summed E-state index contributed by atoms with van der Waals surface area (Å²) in [6, 6.07) is 10.8. The minimum atomic E-state index is -0.935. The summed E-state index contributed by atoms with van der Waals surface area (Å²) in [4.78, 5) is 23.5. The van der Waals surface area contributed by atoms with Crippen LogP contribution in [0.2, 0.25) is 0 Å². The van der Waals surface area contributed by atoms with Crippen LogP contribution in [-0.2, 0) is 9.53 Å². The summed E-state index contributed by atoms with van der Waals surface area (Å²) < 4.78 is 34.1. The fourth-order valence-corrected chi connectivity index (χ4v) is 2.14. The molecular weight excluding hydrogens is 357 g/mol. The molecule has 7 nitrogen and oxygen atoms in total. The largest absolute Gasteiger partial charge is 0.497 e. The van der Waals surface area contributed by atoms with Crippen LogP contribution in [0.4, 0.5) is 4.39 Å². The van der Waals surface area contributed by atoms with E-state index in [-0.39, 0.29) is 24.5 Å². The van der Waals surface area contributed by atoms with Crippen LogP contribution in [0.1, 0.15) is 10.4 Å². The third-order valence-electron chi connectivity index (χ3n) is 3.48. The molecule has 0 aliphatic carbocycles. The van der Waals surface area contributed by atoms with Crippen LogP contribution in [0, 0.1) is 5.82 Å². The third-order valence-corrected chi connectivity index (χ3v) is 3.48. The third kappa shape index (κ3) is 5.88. The van der Waals surface area contributed by atoms with Crippen LogP contribution >= 0.6 is 0 Å². The van der Waals surface area contributed by atoms with Crippen LogP contribution in [-0.4, -0.2) is 45.9 Å². The molecule has 0 unspecified atom stereocenters. The lowest BCUT2D eigenvalue weighted by atomic mass is 10.2. The number of benzene rings is 2. The second-order valence-electron chi connectivity index (χ2n) is 5.27. The maximum Gasteiger partial charge on any atom is 0.341 e. The van der Waals surface area contributed by atoms with Gasteiger partial charge in [-0.05, 0) is 24.3 Å². The molecule has 1 amide bonds. The van der Waals surface area contributed by atoms with Gasteiger partial charge in [0.25, 0.3) is 5.91 Å². The Labute approximate surface area is 156 Å². The second-order valence-corrected chi connectivity index (χ2v) is 5.27. The summed E-state index contributed by atoms with van der Waals surface area (Å²) >= 11 is 0. The second kappa shape index (κ2) is 10.0. The number of carbonyl (C=O) groups is 2. The smallest absolute Gasteiger partial charge is 0.341 e. The van der Waals surface area contributed by atoms with Gasteiger partial charge in [0.2, 0.25) is 0 Å². The van der Waals surface area contributed by atoms with Gasteiger partial charge in [-0.1, -0.05) is 12.1 Å². The molecular formula is C19H20FNO6. The Morgan fingerprint density at radius 3 is 2.44 bits per heavy atom. The number of methoxy groups -OCH3 is 2. The van der Waals surface area contributed by atoms with Gasteiger partial charge in [-0.25, -0.2) is 9.18 Å². The van der Waals surface area contributed by atoms with Gasteiger partial charge in [0, 0.05) is 6.07 Å². The predicted molar refractivity (Wildman–Crippen MR) is 94.7 cm³/mol. The normalized spacial score (nSPS) is 10.0. The first-order valence-corrected chi connectivity index (χ1v) is 8.08. The molecule has 1 N–H and O–H groups in total. The van der Waals surface area contributed by atoms with Crippen molar-refractivity contribution in [3.63, 3.8) is 0 Å². The summed E-state index contributed by atoms with van der Waals surface area (Å²) in [5.41, 5.74) is -0.275. The van der Waals surface area contributed by atoms with Gasteiger partial charge in [0.15, 0.2) is 18.1 Å². The molecule has 0 spiro atoms. The average molecular weight is 377 g/mol. The van der Waals surface area contributed by atoms with E-state index in [9.17, 15) is 14.0 Å². The van der Waals surface area contributed by atoms with Gasteiger partial charge in [0.1, 0.15) is 18.2 Å². The number of amides is 1. The highest BCUT2D eigenvalue weighted by atomic mass is 19.1. The van der Waals surface area contributed by atoms with Crippen molar-refractivity contribution >= 4 is 11.9 Å². The number of carbonyl (C=O) groups excluding carboxylic acids is 2. The zero-order valence-corrected chi connectivity index (χ0v) is 15.0. The molecule has 0 radical (unpaired) electrons. The zero-order valence-electron chi connectivity index (χ0n) is 15.0. The lowest BCUT2D eigenvalue weighted by Gasteiger charge is -2.11. The van der Waals surface area contributed by atoms with Gasteiger partial charge in [-0.15, -0.1) is 0 Å². The van der Waals surface area contributed by atoms with Gasteiger partial charge in [-0.2, -0.15) is 0 Å². The van der Waals surface area contributed by atoms with E-state index in [4.69, 9.17) is 18.9 Å². The molecule has 0 heterocycles. The minimum Gasteiger partial charge on any atom is -0.497 e. The maximum absolute atomic E-state index is 13.8. The van der Waals surface area contributed by atoms with Gasteiger partial charge < -0.3 is 24.3 Å². The molecule has 0 aromatic heterocycles. The van der Waals surface area contributed by atoms with Crippen molar-refractivity contribution in [3.8, 4) is 17.2 Å². The van der Waals surface area contributed by atoms with Crippen molar-refractivity contribution in [3.05, 3.63) is 53.8 Å². The zero-order chi connectivity index (χ0) is 19.6. The highest BCUT2D eigenvalue weighted by Gasteiger charge is 2.15. The maximum atomic E-state index is 13.8. The molecule has 2 aromatic carbocycles. The summed E-state index contributed by atoms with van der Waals surface area (Å²) in [7, 11) is 2.92. The quantitative estimate of drug-likeness (QED) is 0.533. The van der Waals surface area contributed by atoms with E-state index in [0.29, 0.717) is 11.5 Å². The molecule has 0 saturated heterocycles. The number of halogens is 1. The number of nitrogens with one attached hydrogen (secondary N) is 1. The molecule has 0 saturated carbocycles. The van der Waals surface area contributed by atoms with E-state index < -0.39 is 24.3 Å². The molecule has 0 aliphatic heterocycles. The molecule has 27 heavy (non-hydrogen) atoms. The van der Waals surface area contributed by atoms with Gasteiger partial charge in [0.05, 0.1) is 26.3 Å². The highest BCUT2D eigenvalue weighted by molar-refractivity contribution is 5.91. The summed E-state index contributed by atoms with van der Waals surface area (Å²) in [5, 5.41) is 2.53. The van der Waals surface area contributed by atoms with Crippen LogP contribution in [0.25, 0.3) is 0 Å². The van der Waals surface area contributed by atoms with E-state index in [2.05, 4.69) is 5.32 Å². The number of rotatable bonds is 9. The lowest BCUT2D eigenvalue weighted by Crippen LogP contribution is -2.32. The highest BCUT2D eigenvalue weighted by Crippen LogP contribution is 2.25. The predicted octanol–water partition coefficient (Wildman–Crippen LogP) is 2.19. The summed E-state index contributed by atoms with van der Waals surface area (Å²) in [6.45, 7) is -0.128. The summed E-state index contributed by atoms with van der Waals surface area (Å²) in [5.74, 6) is -0.840. The number of ether oxygens (including phenoxy) is 4. The fourth-order valence-electron chi connectivity index (χ4n) is 2.14. The fraction of sp³-hybridized carbons (Fsp3) is 0.263. The molecule has 0 atom stereocenters. The van der Waals surface area contributed by atoms with Crippen molar-refractivity contribution in [1.82, 2.24) is 5.32 Å².